The molecule has 0 saturated heterocycles. The molecule has 8 heteroatoms. The molecule has 2 N–H and O–H groups in total. The highest BCUT2D eigenvalue weighted by atomic mass is 32.2. The summed E-state index contributed by atoms with van der Waals surface area (Å²) < 4.78 is 23.4. The summed E-state index contributed by atoms with van der Waals surface area (Å²) in [5.74, 6) is -0.0305. The third-order valence-corrected chi connectivity index (χ3v) is 5.55. The van der Waals surface area contributed by atoms with Gasteiger partial charge in [-0.05, 0) is 48.8 Å². The van der Waals surface area contributed by atoms with Crippen LogP contribution in [0.4, 0.5) is 5.69 Å². The van der Waals surface area contributed by atoms with E-state index in [0.717, 1.165) is 6.26 Å². The largest absolute Gasteiger partial charge is 0.340 e. The lowest BCUT2D eigenvalue weighted by Crippen LogP contribution is -2.44. The lowest BCUT2D eigenvalue weighted by atomic mass is 10.1. The SMILES string of the molecule is CSCC[C@@H](NC(=O)c1ccccc1)C(=O)Nc1cccc(S(C)(=O)=O)c1. The van der Waals surface area contributed by atoms with Gasteiger partial charge in [-0.1, -0.05) is 24.3 Å². The molecule has 0 unspecified atom stereocenters. The van der Waals surface area contributed by atoms with E-state index in [1.165, 1.54) is 12.1 Å². The zero-order chi connectivity index (χ0) is 19.9. The lowest BCUT2D eigenvalue weighted by Gasteiger charge is -2.18. The Morgan fingerprint density at radius 1 is 1.07 bits per heavy atom. The van der Waals surface area contributed by atoms with Crippen molar-refractivity contribution in [2.24, 2.45) is 0 Å². The number of thioether (sulfide) groups is 1. The Morgan fingerprint density at radius 2 is 1.78 bits per heavy atom. The number of rotatable bonds is 8. The third kappa shape index (κ3) is 6.41. The quantitative estimate of drug-likeness (QED) is 0.703. The Bertz CT molecular complexity index is 899. The van der Waals surface area contributed by atoms with Gasteiger partial charge in [-0.15, -0.1) is 0 Å². The van der Waals surface area contributed by atoms with Crippen LogP contribution < -0.4 is 10.6 Å². The number of benzene rings is 2. The summed E-state index contributed by atoms with van der Waals surface area (Å²) in [4.78, 5) is 25.2. The number of sulfone groups is 1. The summed E-state index contributed by atoms with van der Waals surface area (Å²) in [5, 5.41) is 5.44. The molecule has 2 aromatic rings. The summed E-state index contributed by atoms with van der Waals surface area (Å²) in [6.45, 7) is 0. The van der Waals surface area contributed by atoms with Crippen molar-refractivity contribution >= 4 is 39.1 Å². The van der Waals surface area contributed by atoms with Crippen LogP contribution in [0.3, 0.4) is 0 Å². The molecule has 0 aliphatic carbocycles. The predicted octanol–water partition coefficient (Wildman–Crippen LogP) is 2.58. The van der Waals surface area contributed by atoms with Crippen LogP contribution in [0.15, 0.2) is 59.5 Å². The van der Waals surface area contributed by atoms with E-state index < -0.39 is 15.9 Å². The highest BCUT2D eigenvalue weighted by molar-refractivity contribution is 7.98. The van der Waals surface area contributed by atoms with Gasteiger partial charge in [-0.2, -0.15) is 11.8 Å². The number of hydrogen-bond acceptors (Lipinski definition) is 5. The Balaban J connectivity index is 2.14. The molecule has 0 saturated carbocycles. The van der Waals surface area contributed by atoms with Crippen LogP contribution in [0, 0.1) is 0 Å². The minimum Gasteiger partial charge on any atom is -0.340 e. The van der Waals surface area contributed by atoms with Crippen molar-refractivity contribution in [3.8, 4) is 0 Å². The molecule has 0 aliphatic heterocycles. The molecule has 0 bridgehead atoms. The second-order valence-electron chi connectivity index (χ2n) is 5.96. The summed E-state index contributed by atoms with van der Waals surface area (Å²) in [6.07, 6.45) is 3.48. The van der Waals surface area contributed by atoms with Gasteiger partial charge in [0.2, 0.25) is 5.91 Å². The highest BCUT2D eigenvalue weighted by Crippen LogP contribution is 2.16. The first-order chi connectivity index (χ1) is 12.8. The first-order valence-corrected chi connectivity index (χ1v) is 11.6. The average molecular weight is 407 g/mol. The van der Waals surface area contributed by atoms with Gasteiger partial charge >= 0.3 is 0 Å². The lowest BCUT2D eigenvalue weighted by molar-refractivity contribution is -0.118. The first-order valence-electron chi connectivity index (χ1n) is 8.27. The number of carbonyl (C=O) groups excluding carboxylic acids is 2. The van der Waals surface area contributed by atoms with Gasteiger partial charge in [0.05, 0.1) is 4.90 Å². The second kappa shape index (κ2) is 9.57. The molecule has 0 aromatic heterocycles. The predicted molar refractivity (Wildman–Crippen MR) is 109 cm³/mol. The van der Waals surface area contributed by atoms with Gasteiger partial charge in [0.1, 0.15) is 6.04 Å². The van der Waals surface area contributed by atoms with E-state index in [0.29, 0.717) is 23.4 Å². The van der Waals surface area contributed by atoms with Gasteiger partial charge < -0.3 is 10.6 Å². The molecule has 2 rings (SSSR count). The van der Waals surface area contributed by atoms with E-state index in [9.17, 15) is 18.0 Å². The van der Waals surface area contributed by atoms with Crippen LogP contribution in [0.25, 0.3) is 0 Å². The molecule has 0 spiro atoms. The van der Waals surface area contributed by atoms with Crippen molar-refractivity contribution in [2.45, 2.75) is 17.4 Å². The van der Waals surface area contributed by atoms with Crippen LogP contribution in [-0.2, 0) is 14.6 Å². The molecule has 6 nitrogen and oxygen atoms in total. The van der Waals surface area contributed by atoms with Crippen LogP contribution in [0.5, 0.6) is 0 Å². The van der Waals surface area contributed by atoms with Gasteiger partial charge in [-0.25, -0.2) is 8.42 Å². The molecule has 2 aromatic carbocycles. The van der Waals surface area contributed by atoms with Gasteiger partial charge in [0.15, 0.2) is 9.84 Å². The van der Waals surface area contributed by atoms with Crippen LogP contribution >= 0.6 is 11.8 Å². The maximum absolute atomic E-state index is 12.7. The maximum atomic E-state index is 12.7. The second-order valence-corrected chi connectivity index (χ2v) is 8.96. The van der Waals surface area contributed by atoms with E-state index in [-0.39, 0.29) is 16.7 Å². The van der Waals surface area contributed by atoms with E-state index in [1.54, 1.807) is 48.2 Å². The molecule has 0 heterocycles. The topological polar surface area (TPSA) is 92.3 Å². The van der Waals surface area contributed by atoms with Gasteiger partial charge in [-0.3, -0.25) is 9.59 Å². The summed E-state index contributed by atoms with van der Waals surface area (Å²) in [5.41, 5.74) is 0.838. The highest BCUT2D eigenvalue weighted by Gasteiger charge is 2.21. The van der Waals surface area contributed by atoms with Crippen molar-refractivity contribution in [3.05, 3.63) is 60.2 Å². The van der Waals surface area contributed by atoms with Crippen molar-refractivity contribution in [2.75, 3.05) is 23.6 Å². The monoisotopic (exact) mass is 406 g/mol. The molecule has 144 valence electrons. The maximum Gasteiger partial charge on any atom is 0.251 e. The summed E-state index contributed by atoms with van der Waals surface area (Å²) in [6, 6.07) is 14.0. The number of nitrogens with one attached hydrogen (secondary N) is 2. The van der Waals surface area contributed by atoms with Crippen molar-refractivity contribution in [3.63, 3.8) is 0 Å². The standard InChI is InChI=1S/C19H22N2O4S2/c1-26-12-11-17(21-18(22)14-7-4-3-5-8-14)19(23)20-15-9-6-10-16(13-15)27(2,24)25/h3-10,13,17H,11-12H2,1-2H3,(H,20,23)(H,21,22)/t17-/m1/s1. The third-order valence-electron chi connectivity index (χ3n) is 3.80. The molecule has 27 heavy (non-hydrogen) atoms. The fraction of sp³-hybridized carbons (Fsp3) is 0.263. The van der Waals surface area contributed by atoms with E-state index in [4.69, 9.17) is 0 Å². The molecule has 0 fully saturated rings. The molecule has 0 aliphatic rings. The zero-order valence-corrected chi connectivity index (χ0v) is 16.8. The van der Waals surface area contributed by atoms with Gasteiger partial charge in [0, 0.05) is 17.5 Å². The zero-order valence-electron chi connectivity index (χ0n) is 15.1. The van der Waals surface area contributed by atoms with Crippen LogP contribution in [0.2, 0.25) is 0 Å². The molecular weight excluding hydrogens is 384 g/mol. The Labute approximate surface area is 163 Å². The molecule has 0 radical (unpaired) electrons. The number of carbonyl (C=O) groups is 2. The van der Waals surface area contributed by atoms with E-state index in [2.05, 4.69) is 10.6 Å². The smallest absolute Gasteiger partial charge is 0.251 e. The number of amides is 2. The summed E-state index contributed by atoms with van der Waals surface area (Å²) >= 11 is 1.57. The van der Waals surface area contributed by atoms with Gasteiger partial charge in [0.25, 0.3) is 5.91 Å². The number of anilines is 1. The molecule has 1 atom stereocenters. The Kier molecular flexibility index (Phi) is 7.44. The average Bonchev–Trinajstić information content (AvgIpc) is 2.65. The molecular formula is C19H22N2O4S2. The minimum atomic E-state index is -3.37. The van der Waals surface area contributed by atoms with E-state index >= 15 is 0 Å². The normalized spacial score (nSPS) is 12.2. The first kappa shape index (κ1) is 21.0. The Hall–Kier alpha value is -2.32. The van der Waals surface area contributed by atoms with Crippen LogP contribution in [-0.4, -0.2) is 44.5 Å². The van der Waals surface area contributed by atoms with Crippen molar-refractivity contribution in [1.82, 2.24) is 5.32 Å². The Morgan fingerprint density at radius 3 is 2.41 bits per heavy atom. The fourth-order valence-corrected chi connectivity index (χ4v) is 3.51. The minimum absolute atomic E-state index is 0.120. The van der Waals surface area contributed by atoms with Crippen molar-refractivity contribution in [1.29, 1.82) is 0 Å². The van der Waals surface area contributed by atoms with Crippen molar-refractivity contribution < 1.29 is 18.0 Å². The number of hydrogen-bond donors (Lipinski definition) is 2. The molecule has 2 amide bonds. The van der Waals surface area contributed by atoms with E-state index in [1.807, 2.05) is 12.3 Å². The summed E-state index contributed by atoms with van der Waals surface area (Å²) in [7, 11) is -3.37. The fourth-order valence-electron chi connectivity index (χ4n) is 2.37. The van der Waals surface area contributed by atoms with Crippen LogP contribution in [0.1, 0.15) is 16.8 Å².